The number of hydrogen-bond acceptors (Lipinski definition) is 1. The maximum Gasteiger partial charge on any atom is 0.0621 e. The van der Waals surface area contributed by atoms with Crippen LogP contribution < -0.4 is 0 Å². The Morgan fingerprint density at radius 1 is 1.73 bits per heavy atom. The second kappa shape index (κ2) is 4.18. The van der Waals surface area contributed by atoms with Crippen molar-refractivity contribution in [3.63, 3.8) is 0 Å². The molecule has 1 heteroatoms. The van der Waals surface area contributed by atoms with Crippen molar-refractivity contribution >= 4 is 0 Å². The summed E-state index contributed by atoms with van der Waals surface area (Å²) in [5, 5.41) is 8.41. The zero-order valence-corrected chi connectivity index (χ0v) is 7.14. The molecule has 0 aromatic carbocycles. The number of nitrogens with zero attached hydrogens (tertiary/aromatic N) is 1. The van der Waals surface area contributed by atoms with Crippen molar-refractivity contribution in [1.29, 1.82) is 5.26 Å². The van der Waals surface area contributed by atoms with Crippen LogP contribution >= 0.6 is 0 Å². The van der Waals surface area contributed by atoms with Gasteiger partial charge in [0.2, 0.25) is 0 Å². The number of rotatable bonds is 2. The summed E-state index contributed by atoms with van der Waals surface area (Å²) in [5.74, 6) is 0.711. The fourth-order valence-electron chi connectivity index (χ4n) is 1.70. The van der Waals surface area contributed by atoms with Crippen molar-refractivity contribution in [2.75, 3.05) is 0 Å². The van der Waals surface area contributed by atoms with Crippen molar-refractivity contribution in [2.24, 2.45) is 5.92 Å². The van der Waals surface area contributed by atoms with Crippen molar-refractivity contribution < 1.29 is 0 Å². The highest BCUT2D eigenvalue weighted by molar-refractivity contribution is 5.06. The Morgan fingerprint density at radius 3 is 3.18 bits per heavy atom. The van der Waals surface area contributed by atoms with E-state index in [1.807, 2.05) is 0 Å². The lowest BCUT2D eigenvalue weighted by molar-refractivity contribution is 0.483. The van der Waals surface area contributed by atoms with Gasteiger partial charge in [-0.1, -0.05) is 11.6 Å². The highest BCUT2D eigenvalue weighted by atomic mass is 14.2. The van der Waals surface area contributed by atoms with E-state index in [-0.39, 0.29) is 0 Å². The van der Waals surface area contributed by atoms with E-state index in [1.165, 1.54) is 24.8 Å². The molecule has 0 amide bonds. The Hall–Kier alpha value is -0.770. The van der Waals surface area contributed by atoms with E-state index in [4.69, 9.17) is 5.26 Å². The molecule has 11 heavy (non-hydrogen) atoms. The molecule has 1 aliphatic rings. The van der Waals surface area contributed by atoms with Gasteiger partial charge in [0.1, 0.15) is 0 Å². The van der Waals surface area contributed by atoms with E-state index in [0.29, 0.717) is 5.92 Å². The molecule has 0 N–H and O–H groups in total. The summed E-state index contributed by atoms with van der Waals surface area (Å²) in [6.45, 7) is 2.20. The molecular formula is C10H15N. The van der Waals surface area contributed by atoms with Crippen molar-refractivity contribution in [2.45, 2.75) is 39.0 Å². The van der Waals surface area contributed by atoms with Gasteiger partial charge >= 0.3 is 0 Å². The van der Waals surface area contributed by atoms with Crippen LogP contribution in [0.1, 0.15) is 39.0 Å². The average molecular weight is 149 g/mol. The molecule has 0 heterocycles. The summed E-state index contributed by atoms with van der Waals surface area (Å²) in [6, 6.07) is 2.21. The summed E-state index contributed by atoms with van der Waals surface area (Å²) < 4.78 is 0. The third kappa shape index (κ3) is 2.38. The molecule has 1 aliphatic carbocycles. The average Bonchev–Trinajstić information content (AvgIpc) is 2.03. The number of hydrogen-bond donors (Lipinski definition) is 0. The van der Waals surface area contributed by atoms with Gasteiger partial charge in [0.25, 0.3) is 0 Å². The fourth-order valence-corrected chi connectivity index (χ4v) is 1.70. The van der Waals surface area contributed by atoms with Crippen LogP contribution in [0.25, 0.3) is 0 Å². The Kier molecular flexibility index (Phi) is 3.16. The summed E-state index contributed by atoms with van der Waals surface area (Å²) >= 11 is 0. The van der Waals surface area contributed by atoms with Crippen LogP contribution in [-0.4, -0.2) is 0 Å². The molecule has 0 bridgehead atoms. The van der Waals surface area contributed by atoms with Crippen molar-refractivity contribution in [3.05, 3.63) is 11.6 Å². The van der Waals surface area contributed by atoms with Crippen molar-refractivity contribution in [1.82, 2.24) is 0 Å². The monoisotopic (exact) mass is 149 g/mol. The Labute approximate surface area is 68.7 Å². The van der Waals surface area contributed by atoms with Crippen LogP contribution in [0.5, 0.6) is 0 Å². The summed E-state index contributed by atoms with van der Waals surface area (Å²) in [5.41, 5.74) is 1.51. The van der Waals surface area contributed by atoms with Gasteiger partial charge in [-0.3, -0.25) is 0 Å². The molecule has 1 unspecified atom stereocenters. The highest BCUT2D eigenvalue weighted by Gasteiger charge is 2.12. The van der Waals surface area contributed by atoms with Crippen LogP contribution in [0.4, 0.5) is 0 Å². The zero-order valence-electron chi connectivity index (χ0n) is 7.14. The minimum Gasteiger partial charge on any atom is -0.198 e. The first kappa shape index (κ1) is 8.33. The largest absolute Gasteiger partial charge is 0.198 e. The standard InChI is InChI=1S/C10H15N/c1-9-5-2-3-6-10(9)7-4-8-11/h5,10H,2-4,6-7H2,1H3. The number of nitriles is 1. The van der Waals surface area contributed by atoms with Crippen LogP contribution in [-0.2, 0) is 0 Å². The molecule has 0 saturated carbocycles. The van der Waals surface area contributed by atoms with E-state index in [2.05, 4.69) is 19.1 Å². The van der Waals surface area contributed by atoms with E-state index in [9.17, 15) is 0 Å². The molecule has 1 nitrogen and oxygen atoms in total. The van der Waals surface area contributed by atoms with Crippen LogP contribution in [0.3, 0.4) is 0 Å². The Morgan fingerprint density at radius 2 is 2.55 bits per heavy atom. The van der Waals surface area contributed by atoms with Crippen LogP contribution in [0, 0.1) is 17.2 Å². The topological polar surface area (TPSA) is 23.8 Å². The van der Waals surface area contributed by atoms with Gasteiger partial charge in [0.05, 0.1) is 6.07 Å². The first-order chi connectivity index (χ1) is 5.34. The molecule has 0 aromatic rings. The first-order valence-electron chi connectivity index (χ1n) is 4.38. The number of allylic oxidation sites excluding steroid dienone is 2. The van der Waals surface area contributed by atoms with Gasteiger partial charge in [0.15, 0.2) is 0 Å². The summed E-state index contributed by atoms with van der Waals surface area (Å²) in [7, 11) is 0. The SMILES string of the molecule is CC1=CCCCC1CCC#N. The van der Waals surface area contributed by atoms with Gasteiger partial charge < -0.3 is 0 Å². The predicted molar refractivity (Wildman–Crippen MR) is 45.9 cm³/mol. The third-order valence-electron chi connectivity index (χ3n) is 2.47. The van der Waals surface area contributed by atoms with Gasteiger partial charge in [-0.05, 0) is 38.5 Å². The van der Waals surface area contributed by atoms with Gasteiger partial charge in [-0.15, -0.1) is 0 Å². The lowest BCUT2D eigenvalue weighted by Gasteiger charge is -2.20. The lowest BCUT2D eigenvalue weighted by atomic mass is 9.86. The minimum absolute atomic E-state index is 0.711. The molecular weight excluding hydrogens is 134 g/mol. The lowest BCUT2D eigenvalue weighted by Crippen LogP contribution is -2.05. The molecule has 0 fully saturated rings. The van der Waals surface area contributed by atoms with Crippen LogP contribution in [0.2, 0.25) is 0 Å². The molecule has 0 spiro atoms. The second-order valence-corrected chi connectivity index (χ2v) is 3.27. The first-order valence-corrected chi connectivity index (χ1v) is 4.38. The fraction of sp³-hybridized carbons (Fsp3) is 0.700. The molecule has 0 aliphatic heterocycles. The molecule has 0 aromatic heterocycles. The normalized spacial score (nSPS) is 24.0. The zero-order chi connectivity index (χ0) is 8.10. The summed E-state index contributed by atoms with van der Waals surface area (Å²) in [4.78, 5) is 0. The van der Waals surface area contributed by atoms with Gasteiger partial charge in [-0.25, -0.2) is 0 Å². The van der Waals surface area contributed by atoms with E-state index < -0.39 is 0 Å². The smallest absolute Gasteiger partial charge is 0.0621 e. The third-order valence-corrected chi connectivity index (χ3v) is 2.47. The molecule has 60 valence electrons. The predicted octanol–water partition coefficient (Wildman–Crippen LogP) is 3.04. The highest BCUT2D eigenvalue weighted by Crippen LogP contribution is 2.27. The molecule has 1 atom stereocenters. The molecule has 0 saturated heterocycles. The molecule has 1 rings (SSSR count). The Bertz CT molecular complexity index is 186. The van der Waals surface area contributed by atoms with E-state index >= 15 is 0 Å². The second-order valence-electron chi connectivity index (χ2n) is 3.27. The Balaban J connectivity index is 2.38. The van der Waals surface area contributed by atoms with E-state index in [0.717, 1.165) is 12.8 Å². The van der Waals surface area contributed by atoms with Crippen LogP contribution in [0.15, 0.2) is 11.6 Å². The quantitative estimate of drug-likeness (QED) is 0.553. The summed E-state index contributed by atoms with van der Waals surface area (Å²) in [6.07, 6.45) is 7.96. The van der Waals surface area contributed by atoms with Gasteiger partial charge in [0, 0.05) is 6.42 Å². The van der Waals surface area contributed by atoms with Crippen molar-refractivity contribution in [3.8, 4) is 6.07 Å². The minimum atomic E-state index is 0.711. The molecule has 0 radical (unpaired) electrons. The van der Waals surface area contributed by atoms with Gasteiger partial charge in [-0.2, -0.15) is 5.26 Å². The maximum absolute atomic E-state index is 8.41. The van der Waals surface area contributed by atoms with E-state index in [1.54, 1.807) is 0 Å². The maximum atomic E-state index is 8.41.